The van der Waals surface area contributed by atoms with Crippen LogP contribution in [0.3, 0.4) is 0 Å². The number of aromatic nitrogens is 3. The predicted octanol–water partition coefficient (Wildman–Crippen LogP) is 9.65. The van der Waals surface area contributed by atoms with Crippen molar-refractivity contribution in [3.8, 4) is 33.6 Å². The summed E-state index contributed by atoms with van der Waals surface area (Å²) in [7, 11) is 0. The normalized spacial score (nSPS) is 14.6. The smallest absolute Gasteiger partial charge is 0.0886 e. The molecule has 1 aliphatic heterocycles. The topological polar surface area (TPSA) is 51.0 Å². The third-order valence-electron chi connectivity index (χ3n) is 8.53. The first kappa shape index (κ1) is 26.7. The van der Waals surface area contributed by atoms with Gasteiger partial charge in [-0.1, -0.05) is 91.9 Å². The van der Waals surface area contributed by atoms with E-state index < -0.39 is 0 Å². The first-order valence-corrected chi connectivity index (χ1v) is 15.2. The largest absolute Gasteiger partial charge is 0.258 e. The van der Waals surface area contributed by atoms with Crippen molar-refractivity contribution < 1.29 is 0 Å². The molecule has 0 aliphatic carbocycles. The zero-order valence-electron chi connectivity index (χ0n) is 24.8. The van der Waals surface area contributed by atoms with Gasteiger partial charge in [-0.05, 0) is 70.3 Å². The summed E-state index contributed by atoms with van der Waals surface area (Å²) >= 11 is 0. The SMILES string of the molecule is CC1CC(c2c3cc(-c4ccccc4)c#cc3c(-c3ccc(-c4ccccn4)nc3)c3ccccc23)=CN=C1c1ccccn1. The third kappa shape index (κ3) is 4.85. The van der Waals surface area contributed by atoms with Gasteiger partial charge in [-0.2, -0.15) is 0 Å². The molecule has 0 amide bonds. The van der Waals surface area contributed by atoms with E-state index in [1.807, 2.05) is 67.1 Å². The van der Waals surface area contributed by atoms with E-state index in [0.717, 1.165) is 67.6 Å². The maximum absolute atomic E-state index is 5.01. The molecule has 1 aliphatic rings. The molecule has 4 aromatic carbocycles. The number of pyridine rings is 3. The summed E-state index contributed by atoms with van der Waals surface area (Å²) in [5.74, 6) is 0.213. The van der Waals surface area contributed by atoms with E-state index >= 15 is 0 Å². The van der Waals surface area contributed by atoms with E-state index in [-0.39, 0.29) is 5.92 Å². The van der Waals surface area contributed by atoms with Crippen LogP contribution in [0.2, 0.25) is 0 Å². The van der Waals surface area contributed by atoms with E-state index in [1.165, 1.54) is 16.5 Å². The molecule has 0 spiro atoms. The third-order valence-corrected chi connectivity index (χ3v) is 8.53. The highest BCUT2D eigenvalue weighted by atomic mass is 14.8. The van der Waals surface area contributed by atoms with Gasteiger partial charge in [0.15, 0.2) is 0 Å². The van der Waals surface area contributed by atoms with Gasteiger partial charge in [0, 0.05) is 58.2 Å². The van der Waals surface area contributed by atoms with Gasteiger partial charge >= 0.3 is 0 Å². The summed E-state index contributed by atoms with van der Waals surface area (Å²) in [5.41, 5.74) is 10.3. The van der Waals surface area contributed by atoms with Crippen molar-refractivity contribution in [1.82, 2.24) is 15.0 Å². The number of hydrogen-bond acceptors (Lipinski definition) is 4. The molecule has 0 bridgehead atoms. The fraction of sp³-hybridized carbons (Fsp3) is 0.0732. The predicted molar refractivity (Wildman–Crippen MR) is 184 cm³/mol. The maximum Gasteiger partial charge on any atom is 0.0886 e. The Morgan fingerprint density at radius 3 is 1.98 bits per heavy atom. The Balaban J connectivity index is 1.38. The second kappa shape index (κ2) is 11.3. The molecule has 4 heteroatoms. The monoisotopic (exact) mass is 576 g/mol. The number of nitrogens with zero attached hydrogens (tertiary/aromatic N) is 4. The second-order valence-electron chi connectivity index (χ2n) is 11.4. The molecule has 1 unspecified atom stereocenters. The van der Waals surface area contributed by atoms with Crippen molar-refractivity contribution in [1.29, 1.82) is 0 Å². The number of rotatable bonds is 5. The molecule has 212 valence electrons. The van der Waals surface area contributed by atoms with E-state index in [9.17, 15) is 0 Å². The van der Waals surface area contributed by atoms with E-state index in [1.54, 1.807) is 6.20 Å². The quantitative estimate of drug-likeness (QED) is 0.205. The number of hydrogen-bond donors (Lipinski definition) is 0. The zero-order chi connectivity index (χ0) is 30.2. The van der Waals surface area contributed by atoms with Crippen LogP contribution in [-0.2, 0) is 0 Å². The minimum absolute atomic E-state index is 0.213. The van der Waals surface area contributed by atoms with Crippen molar-refractivity contribution in [2.24, 2.45) is 10.9 Å². The van der Waals surface area contributed by atoms with E-state index in [0.29, 0.717) is 0 Å². The van der Waals surface area contributed by atoms with Crippen LogP contribution in [0, 0.1) is 18.1 Å². The Labute approximate surface area is 262 Å². The molecule has 4 nitrogen and oxygen atoms in total. The summed E-state index contributed by atoms with van der Waals surface area (Å²) in [6.45, 7) is 2.24. The zero-order valence-corrected chi connectivity index (χ0v) is 24.8. The molecule has 8 rings (SSSR count). The molecule has 0 saturated carbocycles. The molecule has 0 saturated heterocycles. The highest BCUT2D eigenvalue weighted by Crippen LogP contribution is 2.44. The average molecular weight is 577 g/mol. The molecular formula is C41H28N4. The van der Waals surface area contributed by atoms with Crippen molar-refractivity contribution in [3.05, 3.63) is 157 Å². The standard InChI is InChI=1S/C41H28N4/c1-27-23-31(26-45-41(27)38-16-8-10-22-43-38)40-33-14-6-5-13-32(33)39(30-18-20-37(44-25-30)36-15-7-9-21-42-36)34-19-17-29(24-35(34)40)28-11-3-2-4-12-28/h2-16,18,20-22,24-27H,23H2,1H3. The Kier molecular flexibility index (Phi) is 6.70. The summed E-state index contributed by atoms with van der Waals surface area (Å²) in [6.07, 6.45) is 8.48. The average Bonchev–Trinajstić information content (AvgIpc) is 3.11. The van der Waals surface area contributed by atoms with Crippen molar-refractivity contribution in [2.75, 3.05) is 0 Å². The highest BCUT2D eigenvalue weighted by Gasteiger charge is 2.24. The molecule has 0 radical (unpaired) electrons. The lowest BCUT2D eigenvalue weighted by molar-refractivity contribution is 0.788. The van der Waals surface area contributed by atoms with Crippen LogP contribution in [-0.4, -0.2) is 20.7 Å². The first-order valence-electron chi connectivity index (χ1n) is 15.2. The molecule has 7 aromatic rings. The molecule has 4 heterocycles. The van der Waals surface area contributed by atoms with Gasteiger partial charge in [-0.15, -0.1) is 0 Å². The number of fused-ring (bicyclic) bond motifs is 2. The van der Waals surface area contributed by atoms with Gasteiger partial charge in [-0.25, -0.2) is 0 Å². The minimum Gasteiger partial charge on any atom is -0.258 e. The molecule has 0 fully saturated rings. The van der Waals surface area contributed by atoms with Crippen molar-refractivity contribution in [2.45, 2.75) is 13.3 Å². The lowest BCUT2D eigenvalue weighted by atomic mass is 9.82. The Morgan fingerprint density at radius 2 is 1.29 bits per heavy atom. The Hall–Kier alpha value is -5.92. The molecule has 45 heavy (non-hydrogen) atoms. The fourth-order valence-corrected chi connectivity index (χ4v) is 6.42. The van der Waals surface area contributed by atoms with Gasteiger partial charge in [0.05, 0.1) is 22.8 Å². The van der Waals surface area contributed by atoms with E-state index in [2.05, 4.69) is 89.7 Å². The number of benzene rings is 3. The van der Waals surface area contributed by atoms with Gasteiger partial charge in [0.2, 0.25) is 0 Å². The van der Waals surface area contributed by atoms with Crippen molar-refractivity contribution in [3.63, 3.8) is 0 Å². The number of allylic oxidation sites excluding steroid dienone is 1. The molecule has 1 atom stereocenters. The maximum atomic E-state index is 5.01. The molecular weight excluding hydrogens is 548 g/mol. The summed E-state index contributed by atoms with van der Waals surface area (Å²) in [5, 5.41) is 4.48. The second-order valence-corrected chi connectivity index (χ2v) is 11.4. The van der Waals surface area contributed by atoms with Gasteiger partial charge in [-0.3, -0.25) is 19.9 Å². The lowest BCUT2D eigenvalue weighted by Gasteiger charge is -2.23. The van der Waals surface area contributed by atoms with E-state index in [4.69, 9.17) is 9.98 Å². The summed E-state index contributed by atoms with van der Waals surface area (Å²) in [4.78, 5) is 18.9. The number of aliphatic imine (C=N–C) groups is 1. The van der Waals surface area contributed by atoms with Crippen LogP contribution >= 0.6 is 0 Å². The molecule has 0 N–H and O–H groups in total. The van der Waals surface area contributed by atoms with Crippen LogP contribution in [0.25, 0.3) is 60.8 Å². The summed E-state index contributed by atoms with van der Waals surface area (Å²) in [6, 6.07) is 44.5. The summed E-state index contributed by atoms with van der Waals surface area (Å²) < 4.78 is 0. The molecule has 3 aromatic heterocycles. The van der Waals surface area contributed by atoms with Crippen LogP contribution in [0.5, 0.6) is 0 Å². The van der Waals surface area contributed by atoms with Crippen LogP contribution in [0.4, 0.5) is 0 Å². The highest BCUT2D eigenvalue weighted by molar-refractivity contribution is 6.19. The Morgan fingerprint density at radius 1 is 0.600 bits per heavy atom. The minimum atomic E-state index is 0.213. The van der Waals surface area contributed by atoms with Crippen LogP contribution in [0.1, 0.15) is 24.6 Å². The van der Waals surface area contributed by atoms with Crippen LogP contribution in [0.15, 0.2) is 139 Å². The van der Waals surface area contributed by atoms with Gasteiger partial charge in [0.25, 0.3) is 0 Å². The van der Waals surface area contributed by atoms with Gasteiger partial charge in [0.1, 0.15) is 0 Å². The van der Waals surface area contributed by atoms with Gasteiger partial charge < -0.3 is 0 Å². The first-order chi connectivity index (χ1) is 22.2. The van der Waals surface area contributed by atoms with Crippen molar-refractivity contribution >= 4 is 32.8 Å². The Bertz CT molecular complexity index is 2220. The fourth-order valence-electron chi connectivity index (χ4n) is 6.42. The van der Waals surface area contributed by atoms with Crippen LogP contribution < -0.4 is 0 Å². The lowest BCUT2D eigenvalue weighted by Crippen LogP contribution is -2.17.